The number of aryl methyl sites for hydroxylation is 1. The van der Waals surface area contributed by atoms with Crippen LogP contribution < -0.4 is 15.5 Å². The number of nitrogens with one attached hydrogen (secondary N) is 2. The number of benzene rings is 3. The predicted octanol–water partition coefficient (Wildman–Crippen LogP) is 4.33. The van der Waals surface area contributed by atoms with E-state index in [0.717, 1.165) is 21.9 Å². The molecule has 9 nitrogen and oxygen atoms in total. The standard InChI is InChI=1S/C30H33N5O4/c1-19-10-12-21-8-6-7-9-22(21)23(19)17-35-26-13-11-20(15-31)14-24(26)32-16-25(28(35)37)33-27(36)18-34(5)29(38)39-30(2,3)4/h6-14,25,32H,16-18H2,1-5H3,(H,33,36). The van der Waals surface area contributed by atoms with Gasteiger partial charge in [0.1, 0.15) is 18.2 Å². The minimum Gasteiger partial charge on any atom is -0.444 e. The monoisotopic (exact) mass is 527 g/mol. The van der Waals surface area contributed by atoms with Crippen molar-refractivity contribution in [2.45, 2.75) is 45.9 Å². The lowest BCUT2D eigenvalue weighted by molar-refractivity contribution is -0.127. The van der Waals surface area contributed by atoms with Crippen molar-refractivity contribution in [1.29, 1.82) is 5.26 Å². The summed E-state index contributed by atoms with van der Waals surface area (Å²) in [5.41, 5.74) is 3.03. The first-order chi connectivity index (χ1) is 18.5. The molecule has 9 heteroatoms. The van der Waals surface area contributed by atoms with Gasteiger partial charge < -0.3 is 25.2 Å². The molecule has 202 valence electrons. The van der Waals surface area contributed by atoms with Crippen molar-refractivity contribution in [3.8, 4) is 6.07 Å². The molecule has 0 saturated carbocycles. The van der Waals surface area contributed by atoms with Crippen LogP contribution in [0.5, 0.6) is 0 Å². The Morgan fingerprint density at radius 3 is 2.64 bits per heavy atom. The van der Waals surface area contributed by atoms with E-state index in [1.54, 1.807) is 43.9 Å². The quantitative estimate of drug-likeness (QED) is 0.511. The number of carbonyl (C=O) groups excluding carboxylic acids is 3. The Morgan fingerprint density at radius 1 is 1.18 bits per heavy atom. The second-order valence-electron chi connectivity index (χ2n) is 10.7. The average molecular weight is 528 g/mol. The van der Waals surface area contributed by atoms with Crippen molar-refractivity contribution in [2.75, 3.05) is 30.4 Å². The molecule has 3 amide bonds. The van der Waals surface area contributed by atoms with Crippen LogP contribution in [0.25, 0.3) is 10.8 Å². The first kappa shape index (κ1) is 27.5. The lowest BCUT2D eigenvalue weighted by atomic mass is 9.98. The van der Waals surface area contributed by atoms with Gasteiger partial charge in [-0.1, -0.05) is 36.4 Å². The van der Waals surface area contributed by atoms with Crippen LogP contribution in [0.1, 0.15) is 37.5 Å². The van der Waals surface area contributed by atoms with Crippen molar-refractivity contribution >= 4 is 40.1 Å². The van der Waals surface area contributed by atoms with Crippen molar-refractivity contribution < 1.29 is 19.1 Å². The first-order valence-corrected chi connectivity index (χ1v) is 12.8. The summed E-state index contributed by atoms with van der Waals surface area (Å²) in [4.78, 5) is 42.0. The van der Waals surface area contributed by atoms with E-state index < -0.39 is 23.6 Å². The molecule has 0 bridgehead atoms. The molecule has 0 aromatic heterocycles. The Bertz CT molecular complexity index is 1470. The minimum atomic E-state index is -0.905. The highest BCUT2D eigenvalue weighted by Gasteiger charge is 2.33. The van der Waals surface area contributed by atoms with Gasteiger partial charge >= 0.3 is 6.09 Å². The Kier molecular flexibility index (Phi) is 7.77. The zero-order chi connectivity index (χ0) is 28.3. The number of fused-ring (bicyclic) bond motifs is 2. The number of nitriles is 1. The van der Waals surface area contributed by atoms with E-state index in [9.17, 15) is 19.6 Å². The van der Waals surface area contributed by atoms with Crippen LogP contribution in [-0.4, -0.2) is 54.6 Å². The molecule has 0 saturated heterocycles. The van der Waals surface area contributed by atoms with Crippen molar-refractivity contribution in [1.82, 2.24) is 10.2 Å². The zero-order valence-corrected chi connectivity index (χ0v) is 22.9. The Morgan fingerprint density at radius 2 is 1.92 bits per heavy atom. The van der Waals surface area contributed by atoms with E-state index in [1.807, 2.05) is 37.3 Å². The van der Waals surface area contributed by atoms with Crippen LogP contribution >= 0.6 is 0 Å². The van der Waals surface area contributed by atoms with Crippen LogP contribution in [0, 0.1) is 18.3 Å². The van der Waals surface area contributed by atoms with Crippen LogP contribution in [0.3, 0.4) is 0 Å². The van der Waals surface area contributed by atoms with Gasteiger partial charge in [-0.2, -0.15) is 5.26 Å². The molecule has 1 aliphatic rings. The number of carbonyl (C=O) groups is 3. The van der Waals surface area contributed by atoms with Crippen LogP contribution in [0.2, 0.25) is 0 Å². The molecule has 0 fully saturated rings. The van der Waals surface area contributed by atoms with Gasteiger partial charge in [0.25, 0.3) is 5.91 Å². The third-order valence-corrected chi connectivity index (χ3v) is 6.49. The topological polar surface area (TPSA) is 115 Å². The van der Waals surface area contributed by atoms with E-state index in [4.69, 9.17) is 4.74 Å². The SMILES string of the molecule is Cc1ccc2ccccc2c1CN1C(=O)C(NC(=O)CN(C)C(=O)OC(C)(C)C)CNc2cc(C#N)ccc21. The molecule has 39 heavy (non-hydrogen) atoms. The summed E-state index contributed by atoms with van der Waals surface area (Å²) in [6, 6.07) is 18.4. The summed E-state index contributed by atoms with van der Waals surface area (Å²) < 4.78 is 5.32. The molecular weight excluding hydrogens is 494 g/mol. The summed E-state index contributed by atoms with van der Waals surface area (Å²) in [5, 5.41) is 17.5. The number of anilines is 2. The van der Waals surface area contributed by atoms with Crippen molar-refractivity contribution in [2.24, 2.45) is 0 Å². The lowest BCUT2D eigenvalue weighted by Gasteiger charge is -2.28. The molecule has 1 atom stereocenters. The fraction of sp³-hybridized carbons (Fsp3) is 0.333. The second-order valence-corrected chi connectivity index (χ2v) is 10.7. The molecule has 2 N–H and O–H groups in total. The number of nitrogens with zero attached hydrogens (tertiary/aromatic N) is 3. The number of ether oxygens (including phenoxy) is 1. The summed E-state index contributed by atoms with van der Waals surface area (Å²) in [7, 11) is 1.47. The number of rotatable bonds is 5. The molecule has 0 radical (unpaired) electrons. The summed E-state index contributed by atoms with van der Waals surface area (Å²) in [6.07, 6.45) is -0.632. The van der Waals surface area contributed by atoms with Crippen LogP contribution in [0.15, 0.2) is 54.6 Å². The second kappa shape index (κ2) is 11.0. The van der Waals surface area contributed by atoms with E-state index in [-0.39, 0.29) is 25.5 Å². The molecule has 1 heterocycles. The molecule has 1 unspecified atom stereocenters. The van der Waals surface area contributed by atoms with Crippen molar-refractivity contribution in [3.05, 3.63) is 71.3 Å². The van der Waals surface area contributed by atoms with Gasteiger partial charge in [-0.05, 0) is 67.8 Å². The van der Waals surface area contributed by atoms with Gasteiger partial charge in [0.2, 0.25) is 5.91 Å². The fourth-order valence-corrected chi connectivity index (χ4v) is 4.54. The highest BCUT2D eigenvalue weighted by atomic mass is 16.6. The van der Waals surface area contributed by atoms with Crippen molar-refractivity contribution in [3.63, 3.8) is 0 Å². The highest BCUT2D eigenvalue weighted by molar-refractivity contribution is 6.04. The van der Waals surface area contributed by atoms with E-state index >= 15 is 0 Å². The van der Waals surface area contributed by atoms with Crippen LogP contribution in [-0.2, 0) is 20.9 Å². The third-order valence-electron chi connectivity index (χ3n) is 6.49. The molecule has 3 aromatic carbocycles. The fourth-order valence-electron chi connectivity index (χ4n) is 4.54. The summed E-state index contributed by atoms with van der Waals surface area (Å²) in [6.45, 7) is 7.37. The molecule has 0 spiro atoms. The largest absolute Gasteiger partial charge is 0.444 e. The molecular formula is C30H33N5O4. The molecule has 1 aliphatic heterocycles. The first-order valence-electron chi connectivity index (χ1n) is 12.8. The van der Waals surface area contributed by atoms with E-state index in [0.29, 0.717) is 16.9 Å². The number of amides is 3. The smallest absolute Gasteiger partial charge is 0.410 e. The van der Waals surface area contributed by atoms with Gasteiger partial charge in [0.15, 0.2) is 0 Å². The van der Waals surface area contributed by atoms with E-state index in [2.05, 4.69) is 22.8 Å². The van der Waals surface area contributed by atoms with Gasteiger partial charge in [-0.15, -0.1) is 0 Å². The highest BCUT2D eigenvalue weighted by Crippen LogP contribution is 2.33. The maximum Gasteiger partial charge on any atom is 0.410 e. The summed E-state index contributed by atoms with van der Waals surface area (Å²) >= 11 is 0. The number of likely N-dealkylation sites (N-methyl/N-ethyl adjacent to an activating group) is 1. The Labute approximate surface area is 228 Å². The predicted molar refractivity (Wildman–Crippen MR) is 150 cm³/mol. The average Bonchev–Trinajstić information content (AvgIpc) is 3.00. The van der Waals surface area contributed by atoms with Crippen LogP contribution in [0.4, 0.5) is 16.2 Å². The van der Waals surface area contributed by atoms with Gasteiger partial charge in [-0.25, -0.2) is 4.79 Å². The molecule has 4 rings (SSSR count). The van der Waals surface area contributed by atoms with Gasteiger partial charge in [0.05, 0.1) is 29.6 Å². The van der Waals surface area contributed by atoms with Gasteiger partial charge in [0, 0.05) is 13.6 Å². The zero-order valence-electron chi connectivity index (χ0n) is 22.9. The lowest BCUT2D eigenvalue weighted by Crippen LogP contribution is -2.52. The van der Waals surface area contributed by atoms with E-state index in [1.165, 1.54) is 11.9 Å². The number of hydrogen-bond donors (Lipinski definition) is 2. The normalized spacial score (nSPS) is 15.0. The molecule has 0 aliphatic carbocycles. The van der Waals surface area contributed by atoms with Gasteiger partial charge in [-0.3, -0.25) is 9.59 Å². The third kappa shape index (κ3) is 6.29. The Hall–Kier alpha value is -4.58. The maximum absolute atomic E-state index is 14.0. The molecule has 3 aromatic rings. The summed E-state index contributed by atoms with van der Waals surface area (Å²) in [5.74, 6) is -0.792. The number of hydrogen-bond acceptors (Lipinski definition) is 6. The minimum absolute atomic E-state index is 0.119. The maximum atomic E-state index is 14.0. The Balaban J connectivity index is 1.63.